The number of benzene rings is 2. The van der Waals surface area contributed by atoms with Crippen LogP contribution >= 0.6 is 0 Å². The van der Waals surface area contributed by atoms with Gasteiger partial charge in [-0.2, -0.15) is 0 Å². The number of furan rings is 1. The largest absolute Gasteiger partial charge is 0.486 e. The number of nitrogens with zero attached hydrogens (tertiary/aromatic N) is 3. The van der Waals surface area contributed by atoms with Crippen molar-refractivity contribution >= 4 is 35.3 Å². The summed E-state index contributed by atoms with van der Waals surface area (Å²) in [6.07, 6.45) is 12.7. The predicted octanol–water partition coefficient (Wildman–Crippen LogP) is 11.8. The molecule has 0 bridgehead atoms. The second-order valence-electron chi connectivity index (χ2n) is 16.8. The second kappa shape index (κ2) is 16.5. The van der Waals surface area contributed by atoms with Crippen LogP contribution in [-0.4, -0.2) is 23.0 Å². The van der Waals surface area contributed by atoms with Gasteiger partial charge in [0.25, 0.3) is 0 Å². The molecule has 1 aliphatic rings. The quantitative estimate of drug-likeness (QED) is 0.118. The van der Waals surface area contributed by atoms with E-state index in [1.807, 2.05) is 30.5 Å². The van der Waals surface area contributed by atoms with Gasteiger partial charge in [-0.3, -0.25) is 0 Å². The maximum atomic E-state index is 6.05. The number of pyridine rings is 3. The smallest absolute Gasteiger partial charge is 0.216 e. The Bertz CT molecular complexity index is 2050. The van der Waals surface area contributed by atoms with Gasteiger partial charge < -0.3 is 14.4 Å². The molecule has 0 spiro atoms. The van der Waals surface area contributed by atoms with Gasteiger partial charge in [0.15, 0.2) is 0 Å². The molecule has 4 aromatic heterocycles. The van der Waals surface area contributed by atoms with E-state index in [2.05, 4.69) is 125 Å². The zero-order valence-corrected chi connectivity index (χ0v) is 35.1. The molecule has 0 N–H and O–H groups in total. The molecule has 269 valence electrons. The molecule has 7 rings (SSSR count). The number of hydrogen-bond acceptors (Lipinski definition) is 4. The van der Waals surface area contributed by atoms with Crippen LogP contribution in [0.3, 0.4) is 0 Å². The van der Waals surface area contributed by atoms with Crippen LogP contribution in [0.1, 0.15) is 89.5 Å². The Kier molecular flexibility index (Phi) is 12.5. The summed E-state index contributed by atoms with van der Waals surface area (Å²) in [4.78, 5) is 14.1. The van der Waals surface area contributed by atoms with E-state index in [4.69, 9.17) is 9.40 Å². The summed E-state index contributed by atoms with van der Waals surface area (Å²) < 4.78 is 6.05. The monoisotopic (exact) mass is 872 g/mol. The minimum Gasteiger partial charge on any atom is -0.486 e. The van der Waals surface area contributed by atoms with Gasteiger partial charge in [0.2, 0.25) is 5.71 Å². The first-order valence-electron chi connectivity index (χ1n) is 18.5. The van der Waals surface area contributed by atoms with E-state index in [1.165, 1.54) is 48.4 Å². The minimum absolute atomic E-state index is 0. The predicted molar refractivity (Wildman–Crippen MR) is 213 cm³/mol. The topological polar surface area (TPSA) is 51.8 Å². The third-order valence-corrected chi connectivity index (χ3v) is 11.7. The number of aromatic nitrogens is 3. The van der Waals surface area contributed by atoms with Crippen LogP contribution in [0.15, 0.2) is 83.5 Å². The average molecular weight is 872 g/mol. The van der Waals surface area contributed by atoms with Crippen LogP contribution in [0.2, 0.25) is 19.6 Å². The van der Waals surface area contributed by atoms with E-state index in [-0.39, 0.29) is 25.5 Å². The first kappa shape index (κ1) is 38.8. The van der Waals surface area contributed by atoms with Crippen LogP contribution in [0, 0.1) is 23.5 Å². The molecule has 1 radical (unpaired) electrons. The molecule has 1 saturated carbocycles. The van der Waals surface area contributed by atoms with Gasteiger partial charge in [0, 0.05) is 43.6 Å². The molecular weight excluding hydrogens is 819 g/mol. The van der Waals surface area contributed by atoms with Gasteiger partial charge >= 0.3 is 0 Å². The SMILES string of the molecule is CC(C)(C)Cc1ccc2c(n1)oc1c[c-]c(-c3cc(C4CCCCC4)ccn3)cc12.CC(C)Cc1cc(-c2[c-]cccc2)ncc1[Si](C)(C)C.[Ir]. The molecule has 4 nitrogen and oxygen atoms in total. The van der Waals surface area contributed by atoms with Crippen molar-refractivity contribution in [3.63, 3.8) is 0 Å². The first-order chi connectivity index (χ1) is 23.8. The number of rotatable bonds is 7. The molecule has 0 unspecified atom stereocenters. The third kappa shape index (κ3) is 9.91. The van der Waals surface area contributed by atoms with Crippen LogP contribution < -0.4 is 5.19 Å². The van der Waals surface area contributed by atoms with Gasteiger partial charge in [-0.05, 0) is 77.7 Å². The van der Waals surface area contributed by atoms with E-state index < -0.39 is 8.07 Å². The van der Waals surface area contributed by atoms with Crippen molar-refractivity contribution in [2.24, 2.45) is 11.3 Å². The molecule has 0 saturated heterocycles. The maximum Gasteiger partial charge on any atom is 0.216 e. The normalized spacial score (nSPS) is 14.0. The van der Waals surface area contributed by atoms with E-state index >= 15 is 0 Å². The van der Waals surface area contributed by atoms with E-state index in [0.717, 1.165) is 57.4 Å². The zero-order chi connectivity index (χ0) is 35.5. The van der Waals surface area contributed by atoms with Gasteiger partial charge in [-0.25, -0.2) is 4.98 Å². The summed E-state index contributed by atoms with van der Waals surface area (Å²) in [6, 6.07) is 29.8. The summed E-state index contributed by atoms with van der Waals surface area (Å²) in [7, 11) is -1.34. The Morgan fingerprint density at radius 1 is 0.863 bits per heavy atom. The third-order valence-electron chi connectivity index (χ3n) is 9.59. The average Bonchev–Trinajstić information content (AvgIpc) is 3.45. The molecular formula is C45H53IrN3OSi-2. The van der Waals surface area contributed by atoms with Crippen LogP contribution in [0.5, 0.6) is 0 Å². The van der Waals surface area contributed by atoms with Crippen molar-refractivity contribution in [2.45, 2.75) is 105 Å². The molecule has 4 heterocycles. The molecule has 1 aliphatic carbocycles. The Morgan fingerprint density at radius 3 is 2.31 bits per heavy atom. The van der Waals surface area contributed by atoms with Crippen molar-refractivity contribution in [3.05, 3.63) is 108 Å². The molecule has 1 fully saturated rings. The molecule has 6 heteroatoms. The number of fused-ring (bicyclic) bond motifs is 3. The molecule has 6 aromatic rings. The molecule has 0 atom stereocenters. The fourth-order valence-electron chi connectivity index (χ4n) is 7.19. The molecule has 0 amide bonds. The second-order valence-corrected chi connectivity index (χ2v) is 21.8. The first-order valence-corrected chi connectivity index (χ1v) is 22.0. The summed E-state index contributed by atoms with van der Waals surface area (Å²) in [5, 5.41) is 3.63. The summed E-state index contributed by atoms with van der Waals surface area (Å²) in [6.45, 7) is 18.4. The van der Waals surface area contributed by atoms with Crippen molar-refractivity contribution in [2.75, 3.05) is 0 Å². The van der Waals surface area contributed by atoms with Crippen LogP contribution in [-0.2, 0) is 32.9 Å². The Hall–Kier alpha value is -3.44. The fraction of sp³-hybridized carbons (Fsp3) is 0.400. The van der Waals surface area contributed by atoms with Crippen molar-refractivity contribution < 1.29 is 24.5 Å². The van der Waals surface area contributed by atoms with E-state index in [9.17, 15) is 0 Å². The fourth-order valence-corrected chi connectivity index (χ4v) is 8.78. The van der Waals surface area contributed by atoms with Gasteiger partial charge in [-0.15, -0.1) is 59.7 Å². The Labute approximate surface area is 320 Å². The van der Waals surface area contributed by atoms with E-state index in [0.29, 0.717) is 17.5 Å². The van der Waals surface area contributed by atoms with Gasteiger partial charge in [-0.1, -0.05) is 102 Å². The van der Waals surface area contributed by atoms with Crippen molar-refractivity contribution in [3.8, 4) is 22.5 Å². The van der Waals surface area contributed by atoms with Gasteiger partial charge in [0.05, 0.1) is 13.7 Å². The minimum atomic E-state index is -1.34. The summed E-state index contributed by atoms with van der Waals surface area (Å²) in [5.74, 6) is 1.34. The van der Waals surface area contributed by atoms with Crippen molar-refractivity contribution in [1.29, 1.82) is 0 Å². The molecule has 0 aliphatic heterocycles. The summed E-state index contributed by atoms with van der Waals surface area (Å²) in [5.41, 5.74) is 9.83. The van der Waals surface area contributed by atoms with Crippen molar-refractivity contribution in [1.82, 2.24) is 15.0 Å². The number of hydrogen-bond donors (Lipinski definition) is 0. The standard InChI is InChI=1S/C27H29N2O.C18H24NSi.Ir/c1-27(2,3)17-21-10-11-22-23-15-20(9-12-25(23)30-26(22)29-21)24-16-19(13-14-28-24)18-7-5-4-6-8-18;1-14(2)11-16-12-17(15-9-7-6-8-10-15)19-13-18(16)20(3,4)5;/h10-16,18H,4-8,17H2,1-3H3;6-9,12-14H,11H2,1-5H3;/q2*-1;. The van der Waals surface area contributed by atoms with Crippen LogP contribution in [0.4, 0.5) is 0 Å². The Balaban J connectivity index is 0.000000211. The van der Waals surface area contributed by atoms with Crippen LogP contribution in [0.25, 0.3) is 44.6 Å². The summed E-state index contributed by atoms with van der Waals surface area (Å²) >= 11 is 0. The Morgan fingerprint density at radius 2 is 1.63 bits per heavy atom. The van der Waals surface area contributed by atoms with Gasteiger partial charge in [0.1, 0.15) is 0 Å². The zero-order valence-electron chi connectivity index (χ0n) is 31.7. The molecule has 51 heavy (non-hydrogen) atoms. The maximum absolute atomic E-state index is 6.05. The van der Waals surface area contributed by atoms with E-state index in [1.54, 1.807) is 0 Å². The molecule has 2 aromatic carbocycles.